The molecule has 1 heterocycles. The fourth-order valence-corrected chi connectivity index (χ4v) is 3.70. The zero-order valence-corrected chi connectivity index (χ0v) is 13.9. The number of ether oxygens (including phenoxy) is 1. The minimum absolute atomic E-state index is 0.0925. The van der Waals surface area contributed by atoms with Crippen LogP contribution < -0.4 is 10.1 Å². The zero-order chi connectivity index (χ0) is 13.8. The fourth-order valence-electron chi connectivity index (χ4n) is 1.98. The fraction of sp³-hybridized carbons (Fsp3) is 0.286. The van der Waals surface area contributed by atoms with Gasteiger partial charge in [-0.05, 0) is 46.7 Å². The van der Waals surface area contributed by atoms with Crippen molar-refractivity contribution in [3.63, 3.8) is 0 Å². The van der Waals surface area contributed by atoms with Gasteiger partial charge in [0.1, 0.15) is 5.75 Å². The van der Waals surface area contributed by atoms with E-state index >= 15 is 0 Å². The molecular weight excluding hydrogens is 346 g/mol. The maximum atomic E-state index is 6.12. The van der Waals surface area contributed by atoms with Crippen molar-refractivity contribution in [3.8, 4) is 5.75 Å². The van der Waals surface area contributed by atoms with Crippen molar-refractivity contribution in [3.05, 3.63) is 49.6 Å². The lowest BCUT2D eigenvalue weighted by molar-refractivity contribution is 0.404. The van der Waals surface area contributed by atoms with Crippen molar-refractivity contribution in [1.82, 2.24) is 5.32 Å². The lowest BCUT2D eigenvalue weighted by atomic mass is 10.0. The SMILES string of the molecule is CCNC(c1cc(Br)cs1)c1cc(Cl)ccc1OC. The highest BCUT2D eigenvalue weighted by atomic mass is 79.9. The second-order valence-corrected chi connectivity index (χ2v) is 6.34. The lowest BCUT2D eigenvalue weighted by Gasteiger charge is -2.20. The van der Waals surface area contributed by atoms with Crippen LogP contribution in [0.15, 0.2) is 34.1 Å². The standard InChI is InChI=1S/C14H15BrClNOS/c1-3-17-14(13-6-9(15)8-19-13)11-7-10(16)4-5-12(11)18-2/h4-8,14,17H,3H2,1-2H3. The molecule has 0 fully saturated rings. The summed E-state index contributed by atoms with van der Waals surface area (Å²) in [4.78, 5) is 1.23. The molecule has 19 heavy (non-hydrogen) atoms. The first kappa shape index (κ1) is 14.9. The second-order valence-electron chi connectivity index (χ2n) is 4.04. The third kappa shape index (κ3) is 3.51. The van der Waals surface area contributed by atoms with Gasteiger partial charge in [-0.25, -0.2) is 0 Å². The van der Waals surface area contributed by atoms with Gasteiger partial charge in [0.25, 0.3) is 0 Å². The summed E-state index contributed by atoms with van der Waals surface area (Å²) in [5, 5.41) is 6.28. The van der Waals surface area contributed by atoms with Crippen LogP contribution in [0.1, 0.15) is 23.4 Å². The number of rotatable bonds is 5. The molecule has 0 radical (unpaired) electrons. The molecule has 1 aromatic carbocycles. The van der Waals surface area contributed by atoms with Gasteiger partial charge in [0, 0.05) is 25.3 Å². The first-order valence-corrected chi connectivity index (χ1v) is 8.01. The molecule has 0 amide bonds. The average molecular weight is 361 g/mol. The molecule has 0 bridgehead atoms. The smallest absolute Gasteiger partial charge is 0.124 e. The Morgan fingerprint density at radius 2 is 2.21 bits per heavy atom. The molecule has 0 saturated carbocycles. The van der Waals surface area contributed by atoms with E-state index in [1.54, 1.807) is 18.4 Å². The number of thiophene rings is 1. The van der Waals surface area contributed by atoms with Gasteiger partial charge in [-0.15, -0.1) is 11.3 Å². The quantitative estimate of drug-likeness (QED) is 0.821. The molecule has 5 heteroatoms. The Kier molecular flexibility index (Phi) is 5.28. The van der Waals surface area contributed by atoms with E-state index in [9.17, 15) is 0 Å². The summed E-state index contributed by atoms with van der Waals surface area (Å²) >= 11 is 11.3. The first-order chi connectivity index (χ1) is 9.15. The lowest BCUT2D eigenvalue weighted by Crippen LogP contribution is -2.21. The third-order valence-corrected chi connectivity index (χ3v) is 4.78. The summed E-state index contributed by atoms with van der Waals surface area (Å²) < 4.78 is 6.54. The summed E-state index contributed by atoms with van der Waals surface area (Å²) in [6.45, 7) is 2.96. The minimum atomic E-state index is 0.0925. The molecule has 102 valence electrons. The summed E-state index contributed by atoms with van der Waals surface area (Å²) in [6, 6.07) is 7.93. The van der Waals surface area contributed by atoms with Crippen LogP contribution in [0.2, 0.25) is 5.02 Å². The second kappa shape index (κ2) is 6.75. The molecule has 0 saturated heterocycles. The monoisotopic (exact) mass is 359 g/mol. The number of halogens is 2. The maximum Gasteiger partial charge on any atom is 0.124 e. The van der Waals surface area contributed by atoms with Crippen molar-refractivity contribution in [2.45, 2.75) is 13.0 Å². The van der Waals surface area contributed by atoms with E-state index in [1.165, 1.54) is 4.88 Å². The Balaban J connectivity index is 2.46. The van der Waals surface area contributed by atoms with Crippen LogP contribution in [0.3, 0.4) is 0 Å². The van der Waals surface area contributed by atoms with Crippen molar-refractivity contribution in [1.29, 1.82) is 0 Å². The molecule has 1 atom stereocenters. The number of nitrogens with one attached hydrogen (secondary N) is 1. The Bertz CT molecular complexity index is 558. The van der Waals surface area contributed by atoms with Gasteiger partial charge in [0.15, 0.2) is 0 Å². The molecule has 2 rings (SSSR count). The highest BCUT2D eigenvalue weighted by Crippen LogP contribution is 2.35. The highest BCUT2D eigenvalue weighted by molar-refractivity contribution is 9.10. The zero-order valence-electron chi connectivity index (χ0n) is 10.7. The predicted molar refractivity (Wildman–Crippen MR) is 85.5 cm³/mol. The van der Waals surface area contributed by atoms with Gasteiger partial charge < -0.3 is 10.1 Å². The minimum Gasteiger partial charge on any atom is -0.496 e. The van der Waals surface area contributed by atoms with Gasteiger partial charge in [-0.1, -0.05) is 18.5 Å². The largest absolute Gasteiger partial charge is 0.496 e. The van der Waals surface area contributed by atoms with Crippen LogP contribution >= 0.6 is 38.9 Å². The Labute approximate surface area is 130 Å². The van der Waals surface area contributed by atoms with Crippen molar-refractivity contribution in [2.24, 2.45) is 0 Å². The van der Waals surface area contributed by atoms with Gasteiger partial charge in [0.2, 0.25) is 0 Å². The molecule has 0 aliphatic carbocycles. The normalized spacial score (nSPS) is 12.4. The van der Waals surface area contributed by atoms with E-state index in [4.69, 9.17) is 16.3 Å². The molecule has 1 N–H and O–H groups in total. The van der Waals surface area contributed by atoms with Crippen LogP contribution in [0.25, 0.3) is 0 Å². The van der Waals surface area contributed by atoms with Gasteiger partial charge in [0.05, 0.1) is 13.2 Å². The number of methoxy groups -OCH3 is 1. The summed E-state index contributed by atoms with van der Waals surface area (Å²) in [5.41, 5.74) is 1.06. The van der Waals surface area contributed by atoms with Crippen molar-refractivity contribution < 1.29 is 4.74 Å². The van der Waals surface area contributed by atoms with Crippen LogP contribution in [0.4, 0.5) is 0 Å². The van der Waals surface area contributed by atoms with E-state index in [-0.39, 0.29) is 6.04 Å². The van der Waals surface area contributed by atoms with E-state index in [2.05, 4.69) is 39.6 Å². The van der Waals surface area contributed by atoms with Crippen molar-refractivity contribution >= 4 is 38.9 Å². The Morgan fingerprint density at radius 3 is 2.79 bits per heavy atom. The molecule has 0 spiro atoms. The first-order valence-electron chi connectivity index (χ1n) is 5.96. The Hall–Kier alpha value is -0.550. The van der Waals surface area contributed by atoms with E-state index in [0.29, 0.717) is 5.02 Å². The predicted octanol–water partition coefficient (Wildman–Crippen LogP) is 4.87. The number of benzene rings is 1. The molecule has 1 aromatic heterocycles. The Morgan fingerprint density at radius 1 is 1.42 bits per heavy atom. The summed E-state index contributed by atoms with van der Waals surface area (Å²) in [7, 11) is 1.68. The van der Waals surface area contributed by atoms with Crippen molar-refractivity contribution in [2.75, 3.05) is 13.7 Å². The average Bonchev–Trinajstić information content (AvgIpc) is 2.82. The third-order valence-electron chi connectivity index (χ3n) is 2.78. The van der Waals surface area contributed by atoms with Crippen LogP contribution in [-0.2, 0) is 0 Å². The van der Waals surface area contributed by atoms with Gasteiger partial charge in [-0.2, -0.15) is 0 Å². The molecule has 2 aromatic rings. The van der Waals surface area contributed by atoms with Crippen LogP contribution in [-0.4, -0.2) is 13.7 Å². The number of hydrogen-bond donors (Lipinski definition) is 1. The number of hydrogen-bond acceptors (Lipinski definition) is 3. The summed E-state index contributed by atoms with van der Waals surface area (Å²) in [6.07, 6.45) is 0. The molecule has 1 unspecified atom stereocenters. The molecule has 0 aliphatic rings. The molecule has 2 nitrogen and oxygen atoms in total. The summed E-state index contributed by atoms with van der Waals surface area (Å²) in [5.74, 6) is 0.847. The van der Waals surface area contributed by atoms with Gasteiger partial charge in [-0.3, -0.25) is 0 Å². The topological polar surface area (TPSA) is 21.3 Å². The van der Waals surface area contributed by atoms with E-state index in [1.807, 2.05) is 18.2 Å². The highest BCUT2D eigenvalue weighted by Gasteiger charge is 2.19. The van der Waals surface area contributed by atoms with Crippen LogP contribution in [0.5, 0.6) is 5.75 Å². The van der Waals surface area contributed by atoms with Crippen LogP contribution in [0, 0.1) is 0 Å². The molecular formula is C14H15BrClNOS. The maximum absolute atomic E-state index is 6.12. The van der Waals surface area contributed by atoms with E-state index in [0.717, 1.165) is 22.3 Å². The van der Waals surface area contributed by atoms with Gasteiger partial charge >= 0.3 is 0 Å². The van der Waals surface area contributed by atoms with E-state index < -0.39 is 0 Å². The molecule has 0 aliphatic heterocycles.